The van der Waals surface area contributed by atoms with E-state index in [-0.39, 0.29) is 27.4 Å². The molecule has 31 heavy (non-hydrogen) atoms. The van der Waals surface area contributed by atoms with Crippen molar-refractivity contribution >= 4 is 28.7 Å². The van der Waals surface area contributed by atoms with Crippen LogP contribution in [0.5, 0.6) is 0 Å². The number of nitrogens with two attached hydrogens (primary N) is 1. The minimum absolute atomic E-state index is 0.0840. The van der Waals surface area contributed by atoms with Gasteiger partial charge in [0.2, 0.25) is 0 Å². The largest absolute Gasteiger partial charge is 0.444 e. The first-order valence-electron chi connectivity index (χ1n) is 9.90. The highest BCUT2D eigenvalue weighted by atomic mass is 32.2. The number of benzene rings is 1. The zero-order valence-electron chi connectivity index (χ0n) is 18.0. The van der Waals surface area contributed by atoms with Crippen molar-refractivity contribution < 1.29 is 28.8 Å². The van der Waals surface area contributed by atoms with E-state index in [1.165, 1.54) is 23.9 Å². The summed E-state index contributed by atoms with van der Waals surface area (Å²) in [5.74, 6) is -0.283. The van der Waals surface area contributed by atoms with Gasteiger partial charge in [-0.1, -0.05) is 11.8 Å². The predicted molar refractivity (Wildman–Crippen MR) is 114 cm³/mol. The molecule has 170 valence electrons. The number of thioether (sulfide) groups is 1. The summed E-state index contributed by atoms with van der Waals surface area (Å²) in [4.78, 5) is 28.1. The van der Waals surface area contributed by atoms with Gasteiger partial charge in [0.15, 0.2) is 5.17 Å². The summed E-state index contributed by atoms with van der Waals surface area (Å²) < 4.78 is 25.9. The van der Waals surface area contributed by atoms with Gasteiger partial charge in [-0.25, -0.2) is 19.4 Å². The molecule has 11 heteroatoms. The van der Waals surface area contributed by atoms with Crippen LogP contribution in [0, 0.1) is 10.7 Å². The summed E-state index contributed by atoms with van der Waals surface area (Å²) in [5.41, 5.74) is 3.77. The van der Waals surface area contributed by atoms with Crippen LogP contribution in [0.25, 0.3) is 0 Å². The van der Waals surface area contributed by atoms with Gasteiger partial charge in [0.1, 0.15) is 17.0 Å². The van der Waals surface area contributed by atoms with Gasteiger partial charge in [-0.15, -0.1) is 0 Å². The van der Waals surface area contributed by atoms with Crippen LogP contribution in [0.15, 0.2) is 23.2 Å². The van der Waals surface area contributed by atoms with Crippen molar-refractivity contribution in [3.05, 3.63) is 34.5 Å². The van der Waals surface area contributed by atoms with Crippen LogP contribution in [0.1, 0.15) is 45.6 Å². The predicted octanol–water partition coefficient (Wildman–Crippen LogP) is 3.34. The lowest BCUT2D eigenvalue weighted by molar-refractivity contribution is -0.729. The van der Waals surface area contributed by atoms with E-state index < -0.39 is 28.6 Å². The molecule has 1 aromatic carbocycles. The summed E-state index contributed by atoms with van der Waals surface area (Å²) in [5, 5.41) is 12.2. The van der Waals surface area contributed by atoms with Crippen molar-refractivity contribution in [3.8, 4) is 0 Å². The fraction of sp³-hybridized carbons (Fsp3) is 0.600. The number of nitrogens with one attached hydrogen (secondary N) is 1. The molecule has 0 unspecified atom stereocenters. The Hall–Kier alpha value is -2.24. The molecule has 1 heterocycles. The topological polar surface area (TPSA) is 126 Å². The van der Waals surface area contributed by atoms with E-state index in [1.807, 2.05) is 0 Å². The highest BCUT2D eigenvalue weighted by molar-refractivity contribution is 8.14. The molecule has 4 N–H and O–H groups in total. The van der Waals surface area contributed by atoms with E-state index in [2.05, 4.69) is 5.32 Å². The third kappa shape index (κ3) is 4.68. The van der Waals surface area contributed by atoms with Crippen LogP contribution in [-0.2, 0) is 15.0 Å². The average Bonchev–Trinajstić information content (AvgIpc) is 2.66. The Labute approximate surface area is 184 Å². The number of aliphatic imine (C=N–C) groups is 1. The van der Waals surface area contributed by atoms with E-state index >= 15 is 4.39 Å². The van der Waals surface area contributed by atoms with Crippen LogP contribution in [0.3, 0.4) is 0 Å². The summed E-state index contributed by atoms with van der Waals surface area (Å²) in [6, 6.07) is 3.52. The normalized spacial score (nSPS) is 28.3. The first kappa shape index (κ1) is 23.4. The summed E-state index contributed by atoms with van der Waals surface area (Å²) >= 11 is 1.24. The number of hydrogen-bond acceptors (Lipinski definition) is 7. The maximum Gasteiger partial charge on any atom is 0.413 e. The zero-order chi connectivity index (χ0) is 23.0. The Bertz CT molecular complexity index is 921. The number of amides is 1. The number of carbonyl (C=O) groups is 1. The molecule has 0 saturated heterocycles. The molecule has 3 atom stereocenters. The minimum Gasteiger partial charge on any atom is -0.444 e. The number of halogens is 1. The highest BCUT2D eigenvalue weighted by Gasteiger charge is 2.57. The second-order valence-electron chi connectivity index (χ2n) is 8.89. The first-order chi connectivity index (χ1) is 14.4. The Morgan fingerprint density at radius 3 is 2.77 bits per heavy atom. The lowest BCUT2D eigenvalue weighted by Crippen LogP contribution is -2.66. The molecule has 1 fully saturated rings. The van der Waals surface area contributed by atoms with Crippen molar-refractivity contribution in [2.24, 2.45) is 10.7 Å². The fourth-order valence-electron chi connectivity index (χ4n) is 4.11. The molecule has 1 amide bonds. The Morgan fingerprint density at radius 2 is 2.16 bits per heavy atom. The van der Waals surface area contributed by atoms with Crippen molar-refractivity contribution in [1.82, 2.24) is 5.32 Å². The van der Waals surface area contributed by atoms with E-state index in [1.54, 1.807) is 27.9 Å². The summed E-state index contributed by atoms with van der Waals surface area (Å²) in [6.45, 7) is 5.22. The lowest BCUT2D eigenvalue weighted by Gasteiger charge is -2.53. The number of fused-ring (bicyclic) bond motifs is 1. The molecule has 0 spiro atoms. The minimum atomic E-state index is -1.27. The molecule has 2 aliphatic rings. The number of ether oxygens (including phenoxy) is 2. The number of hydrogen-bond donors (Lipinski definition) is 3. The average molecular weight is 456 g/mol. The van der Waals surface area contributed by atoms with Gasteiger partial charge >= 0.3 is 11.8 Å². The molecule has 0 bridgehead atoms. The second-order valence-corrected chi connectivity index (χ2v) is 9.85. The number of alkyl carbamates (subject to hydrolysis) is 1. The van der Waals surface area contributed by atoms with Gasteiger partial charge in [-0.2, -0.15) is 0 Å². The quantitative estimate of drug-likeness (QED) is 0.597. The van der Waals surface area contributed by atoms with Gasteiger partial charge in [0.25, 0.3) is 4.92 Å². The Balaban J connectivity index is 2.09. The molecule has 0 radical (unpaired) electrons. The van der Waals surface area contributed by atoms with Crippen LogP contribution in [0.4, 0.5) is 14.9 Å². The van der Waals surface area contributed by atoms with Crippen LogP contribution < -0.4 is 11.1 Å². The van der Waals surface area contributed by atoms with Gasteiger partial charge in [0, 0.05) is 30.6 Å². The molecule has 1 saturated carbocycles. The van der Waals surface area contributed by atoms with E-state index in [0.29, 0.717) is 25.0 Å². The van der Waals surface area contributed by atoms with E-state index in [0.717, 1.165) is 6.07 Å². The van der Waals surface area contributed by atoms with Gasteiger partial charge in [-0.05, 0) is 46.1 Å². The molecular formula is C20H28FN4O5S+. The standard InChI is InChI=1S/C20H27FN4O5S/c1-18(2,3)30-17(26)23-16-24-20(14-9-12(25(27)28)5-6-15(14)21)8-7-13(29-4)10-19(20,22)11-31-16/h5-6,9,13H,7-8,10-11,22H2,1-4H3,(H-,23,24,26,27,28)/p+1/t13-,19+,20+/m0/s1. The maximum atomic E-state index is 15.1. The number of rotatable bonds is 3. The smallest absolute Gasteiger partial charge is 0.413 e. The maximum absolute atomic E-state index is 15.1. The third-order valence-electron chi connectivity index (χ3n) is 5.56. The molecule has 3 rings (SSSR count). The van der Waals surface area contributed by atoms with Gasteiger partial charge < -0.3 is 15.2 Å². The van der Waals surface area contributed by atoms with Crippen molar-refractivity contribution in [1.29, 1.82) is 0 Å². The molecule has 0 aromatic heterocycles. The van der Waals surface area contributed by atoms with Crippen molar-refractivity contribution in [2.45, 2.75) is 62.8 Å². The summed E-state index contributed by atoms with van der Waals surface area (Å²) in [6.07, 6.45) is 0.470. The number of nitrogens with zero attached hydrogens (tertiary/aromatic N) is 2. The van der Waals surface area contributed by atoms with Crippen LogP contribution in [-0.4, -0.2) is 51.5 Å². The molecule has 1 aromatic rings. The monoisotopic (exact) mass is 455 g/mol. The summed E-state index contributed by atoms with van der Waals surface area (Å²) in [7, 11) is 1.60. The van der Waals surface area contributed by atoms with Gasteiger partial charge in [-0.3, -0.25) is 5.32 Å². The fourth-order valence-corrected chi connectivity index (χ4v) is 5.24. The van der Waals surface area contributed by atoms with Crippen LogP contribution >= 0.6 is 11.8 Å². The van der Waals surface area contributed by atoms with E-state index in [9.17, 15) is 14.9 Å². The first-order valence-corrected chi connectivity index (χ1v) is 10.9. The number of amidine groups is 1. The molecule has 1 aliphatic carbocycles. The zero-order valence-corrected chi connectivity index (χ0v) is 18.8. The molecular weight excluding hydrogens is 427 g/mol. The van der Waals surface area contributed by atoms with Crippen molar-refractivity contribution in [2.75, 3.05) is 12.9 Å². The molecule has 9 nitrogen and oxygen atoms in total. The number of carbonyl (C=O) groups excluding carboxylic acids is 1. The highest BCUT2D eigenvalue weighted by Crippen LogP contribution is 2.52. The molecule has 1 aliphatic heterocycles. The third-order valence-corrected chi connectivity index (χ3v) is 6.69. The number of methoxy groups -OCH3 is 1. The van der Waals surface area contributed by atoms with E-state index in [4.69, 9.17) is 20.2 Å². The Morgan fingerprint density at radius 1 is 1.45 bits per heavy atom. The second kappa shape index (κ2) is 8.36. The SMILES string of the molecule is CO[C@H]1CC[C@]2(c3cc([N+](=O)O)ccc3F)N=C(NC(=O)OC(C)(C)C)SC[C@]2(N)C1. The Kier molecular flexibility index (Phi) is 6.32. The van der Waals surface area contributed by atoms with Gasteiger partial charge in [0.05, 0.1) is 16.5 Å². The lowest BCUT2D eigenvalue weighted by atomic mass is 9.64. The van der Waals surface area contributed by atoms with Crippen LogP contribution in [0.2, 0.25) is 0 Å². The van der Waals surface area contributed by atoms with Crippen molar-refractivity contribution in [3.63, 3.8) is 0 Å².